The van der Waals surface area contributed by atoms with E-state index in [1.165, 1.54) is 4.90 Å². The van der Waals surface area contributed by atoms with Gasteiger partial charge < -0.3 is 16.0 Å². The third kappa shape index (κ3) is 6.50. The number of aromatic nitrogens is 3. The highest BCUT2D eigenvalue weighted by atomic mass is 16.2. The van der Waals surface area contributed by atoms with E-state index in [1.54, 1.807) is 54.7 Å². The van der Waals surface area contributed by atoms with E-state index in [9.17, 15) is 14.4 Å². The number of carbonyl (C=O) groups excluding carboxylic acids is 3. The Hall–Kier alpha value is -6.43. The lowest BCUT2D eigenvalue weighted by molar-refractivity contribution is -0.117. The number of hydrogen-bond acceptors (Lipinski definition) is 8. The standard InChI is InChI=1S/C38H35N9O3/c1-22-10-13-28(18-33(22)47-21-27-19-40-37(45-34(27)46(4)38(47)50)43-29-14-11-23(2)39-20-29)42-35(48)26-12-15-30-24(3)41-32(36(49)44-31(30)17-26)16-25-8-6-5-7-9-25/h5-15,17-20,32H,16,21H2,1-4H3,(H,42,48)(H,44,49)(H,40,43,45)/t32-/m1/s1. The van der Waals surface area contributed by atoms with Crippen LogP contribution in [0.5, 0.6) is 0 Å². The molecule has 2 aliphatic rings. The van der Waals surface area contributed by atoms with Crippen LogP contribution in [-0.2, 0) is 17.8 Å². The van der Waals surface area contributed by atoms with E-state index in [4.69, 9.17) is 4.99 Å². The second kappa shape index (κ2) is 13.2. The molecule has 250 valence electrons. The fraction of sp³-hybridized carbons (Fsp3) is 0.184. The van der Waals surface area contributed by atoms with E-state index in [-0.39, 0.29) is 24.4 Å². The SMILES string of the molecule is CC1=N[C@H](Cc2ccccc2)C(=O)Nc2cc(C(=O)Nc3ccc(C)c(N4Cc5cnc(Nc6ccc(C)nc6)nc5N(C)C4=O)c3)ccc21. The molecule has 12 nitrogen and oxygen atoms in total. The van der Waals surface area contributed by atoms with Crippen LogP contribution in [0, 0.1) is 13.8 Å². The maximum Gasteiger partial charge on any atom is 0.330 e. The first kappa shape index (κ1) is 32.1. The quantitative estimate of drug-likeness (QED) is 0.182. The number of fused-ring (bicyclic) bond motifs is 2. The van der Waals surface area contributed by atoms with Crippen molar-refractivity contribution in [3.63, 3.8) is 0 Å². The molecule has 2 aliphatic heterocycles. The summed E-state index contributed by atoms with van der Waals surface area (Å²) >= 11 is 0. The zero-order valence-electron chi connectivity index (χ0n) is 28.1. The van der Waals surface area contributed by atoms with Crippen LogP contribution in [0.2, 0.25) is 0 Å². The second-order valence-corrected chi connectivity index (χ2v) is 12.4. The number of carbonyl (C=O) groups is 3. The molecule has 0 aliphatic carbocycles. The Morgan fingerprint density at radius 1 is 0.920 bits per heavy atom. The number of urea groups is 1. The van der Waals surface area contributed by atoms with Crippen LogP contribution in [0.25, 0.3) is 0 Å². The molecule has 0 saturated carbocycles. The van der Waals surface area contributed by atoms with Crippen molar-refractivity contribution in [2.75, 3.05) is 32.8 Å². The molecule has 0 saturated heterocycles. The van der Waals surface area contributed by atoms with Gasteiger partial charge in [-0.1, -0.05) is 42.5 Å². The van der Waals surface area contributed by atoms with Crippen LogP contribution < -0.4 is 25.8 Å². The fourth-order valence-corrected chi connectivity index (χ4v) is 6.07. The van der Waals surface area contributed by atoms with Crippen LogP contribution in [0.3, 0.4) is 0 Å². The summed E-state index contributed by atoms with van der Waals surface area (Å²) in [5, 5.41) is 9.08. The van der Waals surface area contributed by atoms with Crippen LogP contribution in [0.15, 0.2) is 96.2 Å². The van der Waals surface area contributed by atoms with E-state index in [2.05, 4.69) is 30.9 Å². The molecule has 3 aromatic carbocycles. The van der Waals surface area contributed by atoms with Crippen molar-refractivity contribution in [3.05, 3.63) is 125 Å². The Kier molecular flexibility index (Phi) is 8.50. The van der Waals surface area contributed by atoms with Gasteiger partial charge in [-0.3, -0.25) is 29.4 Å². The first-order valence-electron chi connectivity index (χ1n) is 16.2. The molecule has 2 aromatic heterocycles. The number of anilines is 6. The minimum atomic E-state index is -0.585. The topological polar surface area (TPSA) is 145 Å². The van der Waals surface area contributed by atoms with E-state index in [1.807, 2.05) is 69.3 Å². The number of nitrogens with one attached hydrogen (secondary N) is 3. The van der Waals surface area contributed by atoms with E-state index >= 15 is 0 Å². The van der Waals surface area contributed by atoms with Gasteiger partial charge in [-0.15, -0.1) is 0 Å². The number of aliphatic imine (C=N–C) groups is 1. The molecule has 12 heteroatoms. The van der Waals surface area contributed by atoms with Gasteiger partial charge in [0.05, 0.1) is 29.8 Å². The summed E-state index contributed by atoms with van der Waals surface area (Å²) in [6, 6.07) is 23.3. The molecule has 4 amide bonds. The van der Waals surface area contributed by atoms with Crippen molar-refractivity contribution >= 4 is 58.1 Å². The van der Waals surface area contributed by atoms with Crippen LogP contribution in [-0.4, -0.2) is 51.6 Å². The Morgan fingerprint density at radius 3 is 2.50 bits per heavy atom. The molecule has 7 rings (SSSR count). The van der Waals surface area contributed by atoms with E-state index in [0.29, 0.717) is 46.5 Å². The summed E-state index contributed by atoms with van der Waals surface area (Å²) in [4.78, 5) is 61.6. The first-order valence-corrected chi connectivity index (χ1v) is 16.2. The molecule has 0 fully saturated rings. The highest BCUT2D eigenvalue weighted by molar-refractivity contribution is 6.13. The number of aryl methyl sites for hydroxylation is 2. The van der Waals surface area contributed by atoms with Crippen LogP contribution >= 0.6 is 0 Å². The van der Waals surface area contributed by atoms with Gasteiger partial charge in [-0.25, -0.2) is 9.78 Å². The zero-order chi connectivity index (χ0) is 34.9. The van der Waals surface area contributed by atoms with Crippen LogP contribution in [0.4, 0.5) is 39.3 Å². The summed E-state index contributed by atoms with van der Waals surface area (Å²) in [5.41, 5.74) is 7.80. The molecule has 0 unspecified atom stereocenters. The lowest BCUT2D eigenvalue weighted by Crippen LogP contribution is -2.46. The minimum Gasteiger partial charge on any atom is -0.324 e. The summed E-state index contributed by atoms with van der Waals surface area (Å²) in [7, 11) is 1.67. The molecule has 5 aromatic rings. The summed E-state index contributed by atoms with van der Waals surface area (Å²) in [5.74, 6) is 0.274. The molecule has 0 spiro atoms. The number of rotatable bonds is 7. The number of pyridine rings is 1. The van der Waals surface area contributed by atoms with Gasteiger partial charge in [0.2, 0.25) is 11.9 Å². The fourth-order valence-electron chi connectivity index (χ4n) is 6.07. The van der Waals surface area contributed by atoms with Gasteiger partial charge in [0, 0.05) is 53.4 Å². The number of nitrogens with zero attached hydrogens (tertiary/aromatic N) is 6. The average Bonchev–Trinajstić information content (AvgIpc) is 3.23. The maximum absolute atomic E-state index is 13.7. The molecule has 1 atom stereocenters. The van der Waals surface area contributed by atoms with Gasteiger partial charge in [0.25, 0.3) is 5.91 Å². The van der Waals surface area contributed by atoms with Gasteiger partial charge >= 0.3 is 6.03 Å². The third-order valence-electron chi connectivity index (χ3n) is 8.78. The summed E-state index contributed by atoms with van der Waals surface area (Å²) in [6.07, 6.45) is 3.88. The Bertz CT molecular complexity index is 2170. The third-order valence-corrected chi connectivity index (χ3v) is 8.78. The molecule has 0 radical (unpaired) electrons. The van der Waals surface area contributed by atoms with Gasteiger partial charge in [0.1, 0.15) is 11.9 Å². The van der Waals surface area contributed by atoms with Crippen molar-refractivity contribution in [2.24, 2.45) is 4.99 Å². The van der Waals surface area contributed by atoms with Gasteiger partial charge in [-0.2, -0.15) is 4.98 Å². The normalized spacial score (nSPS) is 15.4. The molecule has 0 bridgehead atoms. The molecule has 4 heterocycles. The second-order valence-electron chi connectivity index (χ2n) is 12.4. The van der Waals surface area contributed by atoms with Crippen molar-refractivity contribution in [1.82, 2.24) is 15.0 Å². The lowest BCUT2D eigenvalue weighted by atomic mass is 10.0. The van der Waals surface area contributed by atoms with Gasteiger partial charge in [0.15, 0.2) is 0 Å². The molecular weight excluding hydrogens is 630 g/mol. The minimum absolute atomic E-state index is 0.230. The average molecular weight is 666 g/mol. The molecule has 3 N–H and O–H groups in total. The number of hydrogen-bond donors (Lipinski definition) is 3. The Labute approximate surface area is 289 Å². The van der Waals surface area contributed by atoms with Crippen molar-refractivity contribution in [1.29, 1.82) is 0 Å². The Morgan fingerprint density at radius 2 is 1.72 bits per heavy atom. The zero-order valence-corrected chi connectivity index (χ0v) is 28.1. The largest absolute Gasteiger partial charge is 0.330 e. The van der Waals surface area contributed by atoms with Crippen molar-refractivity contribution in [2.45, 2.75) is 39.8 Å². The monoisotopic (exact) mass is 665 g/mol. The highest BCUT2D eigenvalue weighted by Gasteiger charge is 2.32. The van der Waals surface area contributed by atoms with Crippen molar-refractivity contribution in [3.8, 4) is 0 Å². The molecular formula is C38H35N9O3. The van der Waals surface area contributed by atoms with Crippen molar-refractivity contribution < 1.29 is 14.4 Å². The first-order chi connectivity index (χ1) is 24.1. The Balaban J connectivity index is 1.07. The maximum atomic E-state index is 13.7. The number of benzene rings is 3. The summed E-state index contributed by atoms with van der Waals surface area (Å²) < 4.78 is 0. The predicted molar refractivity (Wildman–Crippen MR) is 195 cm³/mol. The smallest absolute Gasteiger partial charge is 0.324 e. The highest BCUT2D eigenvalue weighted by Crippen LogP contribution is 2.34. The number of amides is 4. The van der Waals surface area contributed by atoms with E-state index < -0.39 is 6.04 Å². The van der Waals surface area contributed by atoms with Gasteiger partial charge in [-0.05, 0) is 68.3 Å². The van der Waals surface area contributed by atoms with Crippen LogP contribution in [0.1, 0.15) is 45.2 Å². The molecule has 50 heavy (non-hydrogen) atoms. The number of benzodiazepines with no additional fused rings is 1. The lowest BCUT2D eigenvalue weighted by Gasteiger charge is -2.35. The summed E-state index contributed by atoms with van der Waals surface area (Å²) in [6.45, 7) is 5.94. The van der Waals surface area contributed by atoms with E-state index in [0.717, 1.165) is 33.6 Å². The predicted octanol–water partition coefficient (Wildman–Crippen LogP) is 6.43.